The minimum absolute atomic E-state index is 0.656. The fourth-order valence-corrected chi connectivity index (χ4v) is 1.46. The van der Waals surface area contributed by atoms with Gasteiger partial charge in [-0.3, -0.25) is 0 Å². The van der Waals surface area contributed by atoms with Gasteiger partial charge < -0.3 is 0 Å². The van der Waals surface area contributed by atoms with E-state index < -0.39 is 0 Å². The molecule has 2 aromatic rings. The van der Waals surface area contributed by atoms with Gasteiger partial charge in [-0.15, -0.1) is 15.0 Å². The number of benzene rings is 1. The Kier molecular flexibility index (Phi) is 1.71. The van der Waals surface area contributed by atoms with Crippen molar-refractivity contribution in [3.63, 3.8) is 0 Å². The zero-order chi connectivity index (χ0) is 10.1. The topological polar surface area (TPSA) is 58.7 Å². The molecule has 0 saturated heterocycles. The number of fused-ring (bicyclic) bond motifs is 1. The standard InChI is InChI=1S/C9H8N6/c1-2-4-9-8(3-1)7-15(13-11-9)14-6-5-10-12-14/h1-6H,7H2. The largest absolute Gasteiger partial charge is 0.160 e. The van der Waals surface area contributed by atoms with Crippen LogP contribution in [0.3, 0.4) is 0 Å². The SMILES string of the molecule is c1ccc2c(c1)CN(n1ccnn1)N=N2. The van der Waals surface area contributed by atoms with E-state index in [2.05, 4.69) is 20.6 Å². The first-order valence-electron chi connectivity index (χ1n) is 4.57. The second kappa shape index (κ2) is 3.16. The van der Waals surface area contributed by atoms with Crippen molar-refractivity contribution in [3.8, 4) is 0 Å². The molecule has 1 aliphatic heterocycles. The van der Waals surface area contributed by atoms with Crippen LogP contribution in [0.2, 0.25) is 0 Å². The number of hydrogen-bond acceptors (Lipinski definition) is 5. The van der Waals surface area contributed by atoms with Crippen LogP contribution in [0.4, 0.5) is 5.69 Å². The molecule has 74 valence electrons. The van der Waals surface area contributed by atoms with Gasteiger partial charge in [0.1, 0.15) is 0 Å². The second-order valence-electron chi connectivity index (χ2n) is 3.17. The Morgan fingerprint density at radius 3 is 3.00 bits per heavy atom. The molecule has 6 heteroatoms. The van der Waals surface area contributed by atoms with E-state index in [1.165, 1.54) is 0 Å². The van der Waals surface area contributed by atoms with Gasteiger partial charge in [-0.25, -0.2) is 0 Å². The van der Waals surface area contributed by atoms with E-state index in [1.807, 2.05) is 24.3 Å². The van der Waals surface area contributed by atoms with Crippen LogP contribution in [0.5, 0.6) is 0 Å². The van der Waals surface area contributed by atoms with Crippen molar-refractivity contribution in [1.29, 1.82) is 0 Å². The van der Waals surface area contributed by atoms with Crippen LogP contribution in [-0.4, -0.2) is 15.1 Å². The minimum atomic E-state index is 0.656. The van der Waals surface area contributed by atoms with Crippen LogP contribution < -0.4 is 5.12 Å². The number of hydrogen-bond donors (Lipinski definition) is 0. The lowest BCUT2D eigenvalue weighted by molar-refractivity contribution is 0.500. The molecule has 0 aliphatic carbocycles. The van der Waals surface area contributed by atoms with Crippen molar-refractivity contribution >= 4 is 5.69 Å². The summed E-state index contributed by atoms with van der Waals surface area (Å²) in [5.74, 6) is 0. The lowest BCUT2D eigenvalue weighted by Gasteiger charge is -2.20. The summed E-state index contributed by atoms with van der Waals surface area (Å²) < 4.78 is 0. The zero-order valence-corrected chi connectivity index (χ0v) is 7.85. The summed E-state index contributed by atoms with van der Waals surface area (Å²) in [7, 11) is 0. The molecule has 0 saturated carbocycles. The number of rotatable bonds is 1. The van der Waals surface area contributed by atoms with Gasteiger partial charge in [0, 0.05) is 5.56 Å². The zero-order valence-electron chi connectivity index (χ0n) is 7.85. The maximum absolute atomic E-state index is 4.09. The average Bonchev–Trinajstić information content (AvgIpc) is 2.82. The molecule has 0 fully saturated rings. The van der Waals surface area contributed by atoms with Gasteiger partial charge >= 0.3 is 0 Å². The fourth-order valence-electron chi connectivity index (χ4n) is 1.46. The highest BCUT2D eigenvalue weighted by atomic mass is 15.8. The molecule has 1 aliphatic rings. The van der Waals surface area contributed by atoms with Crippen LogP contribution in [0.15, 0.2) is 47.0 Å². The lowest BCUT2D eigenvalue weighted by atomic mass is 10.2. The monoisotopic (exact) mass is 200 g/mol. The Labute approximate surface area is 85.8 Å². The highest BCUT2D eigenvalue weighted by molar-refractivity contribution is 5.46. The third-order valence-corrected chi connectivity index (χ3v) is 2.21. The smallest absolute Gasteiger partial charge is 0.0926 e. The molecule has 0 atom stereocenters. The van der Waals surface area contributed by atoms with Gasteiger partial charge in [0.15, 0.2) is 0 Å². The summed E-state index contributed by atoms with van der Waals surface area (Å²) in [6.45, 7) is 0.656. The van der Waals surface area contributed by atoms with Crippen molar-refractivity contribution < 1.29 is 0 Å². The van der Waals surface area contributed by atoms with E-state index in [1.54, 1.807) is 22.3 Å². The highest BCUT2D eigenvalue weighted by Gasteiger charge is 2.13. The molecule has 3 rings (SSSR count). The van der Waals surface area contributed by atoms with E-state index >= 15 is 0 Å². The highest BCUT2D eigenvalue weighted by Crippen LogP contribution is 2.24. The lowest BCUT2D eigenvalue weighted by Crippen LogP contribution is -2.30. The minimum Gasteiger partial charge on any atom is -0.160 e. The van der Waals surface area contributed by atoms with E-state index in [9.17, 15) is 0 Å². The average molecular weight is 200 g/mol. The van der Waals surface area contributed by atoms with Crippen molar-refractivity contribution in [3.05, 3.63) is 42.2 Å². The summed E-state index contributed by atoms with van der Waals surface area (Å²) in [5, 5.41) is 17.3. The first kappa shape index (κ1) is 8.10. The molecule has 6 nitrogen and oxygen atoms in total. The van der Waals surface area contributed by atoms with Gasteiger partial charge in [0.05, 0.1) is 24.6 Å². The van der Waals surface area contributed by atoms with Gasteiger partial charge in [-0.2, -0.15) is 5.12 Å². The molecular weight excluding hydrogens is 192 g/mol. The van der Waals surface area contributed by atoms with Crippen molar-refractivity contribution in [2.45, 2.75) is 6.54 Å². The van der Waals surface area contributed by atoms with Crippen molar-refractivity contribution in [2.75, 3.05) is 5.12 Å². The predicted molar refractivity (Wildman–Crippen MR) is 52.9 cm³/mol. The molecule has 0 amide bonds. The Morgan fingerprint density at radius 1 is 1.20 bits per heavy atom. The normalized spacial score (nSPS) is 14.0. The number of aromatic nitrogens is 3. The molecule has 0 radical (unpaired) electrons. The van der Waals surface area contributed by atoms with Crippen LogP contribution in [0.1, 0.15) is 5.56 Å². The van der Waals surface area contributed by atoms with Crippen molar-refractivity contribution in [1.82, 2.24) is 15.1 Å². The molecule has 0 bridgehead atoms. The third kappa shape index (κ3) is 1.35. The molecular formula is C9H8N6. The van der Waals surface area contributed by atoms with Crippen molar-refractivity contribution in [2.24, 2.45) is 10.3 Å². The maximum atomic E-state index is 4.09. The first-order valence-corrected chi connectivity index (χ1v) is 4.57. The van der Waals surface area contributed by atoms with Crippen LogP contribution in [0.25, 0.3) is 0 Å². The van der Waals surface area contributed by atoms with E-state index in [0.29, 0.717) is 6.54 Å². The van der Waals surface area contributed by atoms with Gasteiger partial charge in [-0.05, 0) is 16.5 Å². The quantitative estimate of drug-likeness (QED) is 0.699. The van der Waals surface area contributed by atoms with E-state index in [0.717, 1.165) is 11.3 Å². The van der Waals surface area contributed by atoms with E-state index in [4.69, 9.17) is 0 Å². The van der Waals surface area contributed by atoms with Crippen LogP contribution in [0, 0.1) is 0 Å². The number of nitrogens with zero attached hydrogens (tertiary/aromatic N) is 6. The summed E-state index contributed by atoms with van der Waals surface area (Å²) in [6, 6.07) is 7.90. The second-order valence-corrected chi connectivity index (χ2v) is 3.17. The molecule has 15 heavy (non-hydrogen) atoms. The maximum Gasteiger partial charge on any atom is 0.0926 e. The summed E-state index contributed by atoms with van der Waals surface area (Å²) >= 11 is 0. The molecule has 0 N–H and O–H groups in total. The Bertz CT molecular complexity index is 489. The molecule has 0 spiro atoms. The van der Waals surface area contributed by atoms with Gasteiger partial charge in [0.25, 0.3) is 0 Å². The Hall–Kier alpha value is -2.24. The summed E-state index contributed by atoms with van der Waals surface area (Å²) in [6.07, 6.45) is 3.34. The summed E-state index contributed by atoms with van der Waals surface area (Å²) in [4.78, 5) is 1.56. The molecule has 0 unspecified atom stereocenters. The molecule has 1 aromatic carbocycles. The van der Waals surface area contributed by atoms with Gasteiger partial charge in [-0.1, -0.05) is 18.2 Å². The first-order chi connectivity index (χ1) is 7.43. The predicted octanol–water partition coefficient (Wildman–Crippen LogP) is 1.43. The molecule has 1 aromatic heterocycles. The Morgan fingerprint density at radius 2 is 2.13 bits per heavy atom. The van der Waals surface area contributed by atoms with E-state index in [-0.39, 0.29) is 0 Å². The van der Waals surface area contributed by atoms with Crippen LogP contribution >= 0.6 is 0 Å². The fraction of sp³-hybridized carbons (Fsp3) is 0.111. The Balaban J connectivity index is 1.96. The van der Waals surface area contributed by atoms with Crippen LogP contribution in [-0.2, 0) is 6.54 Å². The van der Waals surface area contributed by atoms with Gasteiger partial charge in [0.2, 0.25) is 0 Å². The molecule has 2 heterocycles. The third-order valence-electron chi connectivity index (χ3n) is 2.21. The summed E-state index contributed by atoms with van der Waals surface area (Å²) in [5.41, 5.74) is 2.04.